The molecule has 0 saturated heterocycles. The average molecular weight is 356 g/mol. The van der Waals surface area contributed by atoms with E-state index in [4.69, 9.17) is 5.73 Å². The van der Waals surface area contributed by atoms with E-state index in [0.717, 1.165) is 27.7 Å². The van der Waals surface area contributed by atoms with Crippen LogP contribution in [0.1, 0.15) is 41.0 Å². The Balaban J connectivity index is 7.53. The third-order valence-electron chi connectivity index (χ3n) is 4.04. The molecule has 25 heavy (non-hydrogen) atoms. The van der Waals surface area contributed by atoms with Gasteiger partial charge in [-0.3, -0.25) is 33.7 Å². The molecule has 3 amide bonds. The van der Waals surface area contributed by atoms with Gasteiger partial charge in [-0.25, -0.2) is 4.79 Å². The van der Waals surface area contributed by atoms with Crippen molar-refractivity contribution in [3.8, 4) is 0 Å². The zero-order chi connectivity index (χ0) is 20.3. The van der Waals surface area contributed by atoms with Crippen molar-refractivity contribution in [2.45, 2.75) is 46.6 Å². The van der Waals surface area contributed by atoms with Gasteiger partial charge in [-0.05, 0) is 20.8 Å². The van der Waals surface area contributed by atoms with Crippen molar-refractivity contribution < 1.29 is 38.7 Å². The normalized spacial score (nSPS) is 13.3. The number of ketones is 3. The molecule has 0 saturated carbocycles. The fourth-order valence-corrected chi connectivity index (χ4v) is 3.17. The van der Waals surface area contributed by atoms with Crippen LogP contribution in [0.25, 0.3) is 0 Å². The first-order valence-electron chi connectivity index (χ1n) is 7.07. The minimum absolute atomic E-state index is 0.0173. The molecule has 0 radical (unpaired) electrons. The van der Waals surface area contributed by atoms with Crippen LogP contribution in [0.2, 0.25) is 0 Å². The number of hydrogen-bond acceptors (Lipinski definition) is 7. The van der Waals surface area contributed by atoms with Crippen LogP contribution in [0, 0.1) is 5.41 Å². The summed E-state index contributed by atoms with van der Waals surface area (Å²) in [7, 11) is 0. The molecule has 0 aromatic rings. The van der Waals surface area contributed by atoms with Gasteiger partial charge < -0.3 is 10.8 Å². The Morgan fingerprint density at radius 3 is 1.32 bits per heavy atom. The van der Waals surface area contributed by atoms with Gasteiger partial charge in [0.15, 0.2) is 5.78 Å². The summed E-state index contributed by atoms with van der Waals surface area (Å²) in [4.78, 5) is 84.7. The van der Waals surface area contributed by atoms with Crippen LogP contribution in [0.3, 0.4) is 0 Å². The first-order chi connectivity index (χ1) is 11.2. The third-order valence-corrected chi connectivity index (χ3v) is 4.04. The quantitative estimate of drug-likeness (QED) is 0.513. The molecule has 0 heterocycles. The molecule has 138 valence electrons. The van der Waals surface area contributed by atoms with E-state index < -0.39 is 58.4 Å². The highest BCUT2D eigenvalue weighted by atomic mass is 16.4. The van der Waals surface area contributed by atoms with E-state index in [1.807, 2.05) is 0 Å². The van der Waals surface area contributed by atoms with E-state index in [9.17, 15) is 38.7 Å². The maximum atomic E-state index is 12.4. The molecule has 0 unspecified atom stereocenters. The minimum Gasteiger partial charge on any atom is -0.479 e. The molecule has 0 aliphatic heterocycles. The predicted molar refractivity (Wildman–Crippen MR) is 81.9 cm³/mol. The van der Waals surface area contributed by atoms with Crippen LogP contribution in [0.5, 0.6) is 0 Å². The highest BCUT2D eigenvalue weighted by Gasteiger charge is 2.71. The van der Waals surface area contributed by atoms with Crippen LogP contribution in [-0.4, -0.2) is 56.6 Å². The van der Waals surface area contributed by atoms with Gasteiger partial charge in [0, 0.05) is 20.3 Å². The van der Waals surface area contributed by atoms with Crippen molar-refractivity contribution in [1.29, 1.82) is 0 Å². The molecule has 1 atom stereocenters. The maximum Gasteiger partial charge on any atom is 0.339 e. The number of aliphatic carboxylic acids is 1. The van der Waals surface area contributed by atoms with E-state index in [2.05, 4.69) is 0 Å². The molecule has 0 aromatic carbocycles. The van der Waals surface area contributed by atoms with E-state index >= 15 is 0 Å². The number of carboxylic acids is 1. The number of Topliss-reactive ketones (excluding diaryl/α,β-unsaturated/α-hetero) is 3. The van der Waals surface area contributed by atoms with Crippen LogP contribution >= 0.6 is 0 Å². The number of imide groups is 1. The molecule has 0 aromatic heterocycles. The highest BCUT2D eigenvalue weighted by Crippen LogP contribution is 2.43. The lowest BCUT2D eigenvalue weighted by molar-refractivity contribution is -0.184. The van der Waals surface area contributed by atoms with Crippen molar-refractivity contribution in [3.63, 3.8) is 0 Å². The summed E-state index contributed by atoms with van der Waals surface area (Å²) in [5.41, 5.74) is -1.02. The Labute approximate surface area is 143 Å². The van der Waals surface area contributed by atoms with Crippen molar-refractivity contribution in [1.82, 2.24) is 4.90 Å². The van der Waals surface area contributed by atoms with Gasteiger partial charge in [0.05, 0.1) is 0 Å². The monoisotopic (exact) mass is 356 g/mol. The van der Waals surface area contributed by atoms with E-state index in [-0.39, 0.29) is 4.90 Å². The van der Waals surface area contributed by atoms with Crippen LogP contribution in [-0.2, 0) is 33.6 Å². The van der Waals surface area contributed by atoms with Gasteiger partial charge in [-0.15, -0.1) is 0 Å². The smallest absolute Gasteiger partial charge is 0.339 e. The molecule has 3 N–H and O–H groups in total. The molecule has 0 rings (SSSR count). The maximum absolute atomic E-state index is 12.4. The van der Waals surface area contributed by atoms with Crippen molar-refractivity contribution in [2.75, 3.05) is 0 Å². The molecule has 10 nitrogen and oxygen atoms in total. The second kappa shape index (κ2) is 7.32. The summed E-state index contributed by atoms with van der Waals surface area (Å²) in [6.07, 6.45) is -1.17. The lowest BCUT2D eigenvalue weighted by Gasteiger charge is -2.47. The number of carboxylic acid groups (broad SMARTS) is 1. The third kappa shape index (κ3) is 3.19. The molecular formula is C15H20N2O8. The number of amides is 3. The van der Waals surface area contributed by atoms with E-state index in [0.29, 0.717) is 6.92 Å². The fraction of sp³-hybridized carbons (Fsp3) is 0.533. The summed E-state index contributed by atoms with van der Waals surface area (Å²) in [5.74, 6) is -9.48. The largest absolute Gasteiger partial charge is 0.479 e. The van der Waals surface area contributed by atoms with Gasteiger partial charge >= 0.3 is 5.97 Å². The Morgan fingerprint density at radius 2 is 1.16 bits per heavy atom. The Bertz CT molecular complexity index is 637. The predicted octanol–water partition coefficient (Wildman–Crippen LogP) is -1.17. The van der Waals surface area contributed by atoms with Crippen molar-refractivity contribution >= 4 is 41.0 Å². The lowest BCUT2D eigenvalue weighted by atomic mass is 9.59. The van der Waals surface area contributed by atoms with Gasteiger partial charge in [0.2, 0.25) is 23.3 Å². The standard InChI is InChI=1S/C15H20N2O8/c1-7(18)14(8(2)19,6-12(16)23)15(9(3)20,13(24)25)17(10(4)21)11(5)22/h6H2,1-5H3,(H2,16,23)(H,24,25)/t15-/m0/s1. The van der Waals surface area contributed by atoms with Crippen LogP contribution in [0.15, 0.2) is 0 Å². The van der Waals surface area contributed by atoms with E-state index in [1.54, 1.807) is 0 Å². The molecule has 0 spiro atoms. The fourth-order valence-electron chi connectivity index (χ4n) is 3.17. The molecule has 0 fully saturated rings. The second-order valence-corrected chi connectivity index (χ2v) is 5.61. The molecule has 0 aliphatic rings. The zero-order valence-electron chi connectivity index (χ0n) is 14.5. The second-order valence-electron chi connectivity index (χ2n) is 5.61. The summed E-state index contributed by atoms with van der Waals surface area (Å²) in [5, 5.41) is 9.79. The van der Waals surface area contributed by atoms with Crippen molar-refractivity contribution in [2.24, 2.45) is 11.1 Å². The SMILES string of the molecule is CC(=O)N(C(C)=O)[C@@](C(C)=O)(C(=O)O)C(CC(N)=O)(C(C)=O)C(C)=O. The average Bonchev–Trinajstić information content (AvgIpc) is 2.39. The number of hydrogen-bond donors (Lipinski definition) is 2. The molecule has 0 aliphatic carbocycles. The zero-order valence-corrected chi connectivity index (χ0v) is 14.5. The molecule has 10 heteroatoms. The minimum atomic E-state index is -3.24. The lowest BCUT2D eigenvalue weighted by Crippen LogP contribution is -2.75. The summed E-state index contributed by atoms with van der Waals surface area (Å²) < 4.78 is 0. The van der Waals surface area contributed by atoms with Gasteiger partial charge in [-0.2, -0.15) is 0 Å². The van der Waals surface area contributed by atoms with Crippen molar-refractivity contribution in [3.05, 3.63) is 0 Å². The number of rotatable bonds is 8. The summed E-state index contributed by atoms with van der Waals surface area (Å²) >= 11 is 0. The summed E-state index contributed by atoms with van der Waals surface area (Å²) in [6, 6.07) is 0. The number of nitrogens with zero attached hydrogens (tertiary/aromatic N) is 1. The van der Waals surface area contributed by atoms with Gasteiger partial charge in [0.25, 0.3) is 0 Å². The Morgan fingerprint density at radius 1 is 0.800 bits per heavy atom. The highest BCUT2D eigenvalue weighted by molar-refractivity contribution is 6.25. The number of carbonyl (C=O) groups excluding carboxylic acids is 6. The summed E-state index contributed by atoms with van der Waals surface area (Å²) in [6.45, 7) is 3.84. The van der Waals surface area contributed by atoms with Gasteiger partial charge in [-0.1, -0.05) is 0 Å². The molecule has 0 bridgehead atoms. The Hall–Kier alpha value is -2.91. The number of primary amides is 1. The van der Waals surface area contributed by atoms with Crippen LogP contribution in [0.4, 0.5) is 0 Å². The van der Waals surface area contributed by atoms with E-state index in [1.165, 1.54) is 0 Å². The first kappa shape index (κ1) is 22.1. The molecular weight excluding hydrogens is 336 g/mol. The van der Waals surface area contributed by atoms with Crippen LogP contribution < -0.4 is 5.73 Å². The Kier molecular flexibility index (Phi) is 6.47. The first-order valence-corrected chi connectivity index (χ1v) is 7.07. The topological polar surface area (TPSA) is 169 Å². The number of carbonyl (C=O) groups is 7. The number of nitrogens with two attached hydrogens (primary N) is 1. The van der Waals surface area contributed by atoms with Gasteiger partial charge in [0.1, 0.15) is 17.0 Å².